The van der Waals surface area contributed by atoms with Crippen LogP contribution in [0.4, 0.5) is 13.2 Å². The SMILES string of the molecule is O=C1CCC(C(F)(F)F)C(=O)O1. The van der Waals surface area contributed by atoms with Crippen molar-refractivity contribution in [1.29, 1.82) is 0 Å². The van der Waals surface area contributed by atoms with Gasteiger partial charge in [0.05, 0.1) is 0 Å². The van der Waals surface area contributed by atoms with Gasteiger partial charge in [-0.25, -0.2) is 0 Å². The van der Waals surface area contributed by atoms with Crippen LogP contribution in [0, 0.1) is 5.92 Å². The first kappa shape index (κ1) is 9.02. The van der Waals surface area contributed by atoms with Gasteiger partial charge in [0.25, 0.3) is 0 Å². The first-order valence-electron chi connectivity index (χ1n) is 3.22. The molecule has 3 nitrogen and oxygen atoms in total. The van der Waals surface area contributed by atoms with Gasteiger partial charge in [-0.05, 0) is 6.42 Å². The molecule has 0 aromatic heterocycles. The maximum Gasteiger partial charge on any atom is 0.402 e. The molecular weight excluding hydrogens is 177 g/mol. The van der Waals surface area contributed by atoms with Crippen molar-refractivity contribution in [2.45, 2.75) is 19.0 Å². The third-order valence-electron chi connectivity index (χ3n) is 1.53. The Labute approximate surface area is 65.5 Å². The van der Waals surface area contributed by atoms with Crippen LogP contribution in [0.25, 0.3) is 0 Å². The third-order valence-corrected chi connectivity index (χ3v) is 1.53. The van der Waals surface area contributed by atoms with Crippen molar-refractivity contribution in [3.8, 4) is 0 Å². The smallest absolute Gasteiger partial charge is 0.393 e. The monoisotopic (exact) mass is 182 g/mol. The Kier molecular flexibility index (Phi) is 2.08. The summed E-state index contributed by atoms with van der Waals surface area (Å²) >= 11 is 0. The van der Waals surface area contributed by atoms with Gasteiger partial charge >= 0.3 is 18.1 Å². The quantitative estimate of drug-likeness (QED) is 0.415. The lowest BCUT2D eigenvalue weighted by atomic mass is 10.0. The van der Waals surface area contributed by atoms with Crippen molar-refractivity contribution in [2.24, 2.45) is 5.92 Å². The predicted octanol–water partition coefficient (Wildman–Crippen LogP) is 1.03. The molecule has 0 aromatic carbocycles. The largest absolute Gasteiger partial charge is 0.402 e. The molecule has 0 saturated carbocycles. The normalized spacial score (nSPS) is 25.4. The Morgan fingerprint density at radius 1 is 1.33 bits per heavy atom. The molecule has 68 valence electrons. The van der Waals surface area contributed by atoms with Crippen molar-refractivity contribution < 1.29 is 27.5 Å². The van der Waals surface area contributed by atoms with E-state index in [1.807, 2.05) is 0 Å². The van der Waals surface area contributed by atoms with E-state index in [2.05, 4.69) is 4.74 Å². The highest BCUT2D eigenvalue weighted by Gasteiger charge is 2.48. The number of esters is 2. The molecule has 1 unspecified atom stereocenters. The second-order valence-electron chi connectivity index (χ2n) is 2.43. The molecule has 12 heavy (non-hydrogen) atoms. The lowest BCUT2D eigenvalue weighted by Gasteiger charge is -2.21. The zero-order valence-corrected chi connectivity index (χ0v) is 5.85. The van der Waals surface area contributed by atoms with Crippen LogP contribution in [0.2, 0.25) is 0 Å². The molecule has 0 aromatic rings. The van der Waals surface area contributed by atoms with Gasteiger partial charge in [0.1, 0.15) is 0 Å². The molecular formula is C6H5F3O3. The summed E-state index contributed by atoms with van der Waals surface area (Å²) in [5.41, 5.74) is 0. The fourth-order valence-corrected chi connectivity index (χ4v) is 0.912. The van der Waals surface area contributed by atoms with E-state index in [1.165, 1.54) is 0 Å². The molecule has 1 rings (SSSR count). The number of carbonyl (C=O) groups excluding carboxylic acids is 2. The standard InChI is InChI=1S/C6H5F3O3/c7-6(8,9)3-1-2-4(10)12-5(3)11/h3H,1-2H2. The van der Waals surface area contributed by atoms with E-state index in [4.69, 9.17) is 0 Å². The van der Waals surface area contributed by atoms with Crippen molar-refractivity contribution >= 4 is 11.9 Å². The first-order valence-corrected chi connectivity index (χ1v) is 3.22. The molecule has 0 spiro atoms. The van der Waals surface area contributed by atoms with Crippen molar-refractivity contribution in [2.75, 3.05) is 0 Å². The Bertz CT molecular complexity index is 221. The average Bonchev–Trinajstić information content (AvgIpc) is 1.83. The van der Waals surface area contributed by atoms with Gasteiger partial charge in [0, 0.05) is 6.42 Å². The van der Waals surface area contributed by atoms with Crippen molar-refractivity contribution in [3.05, 3.63) is 0 Å². The number of carbonyl (C=O) groups is 2. The van der Waals surface area contributed by atoms with E-state index in [0.717, 1.165) is 0 Å². The molecule has 0 radical (unpaired) electrons. The summed E-state index contributed by atoms with van der Waals surface area (Å²) in [6.45, 7) is 0. The lowest BCUT2D eigenvalue weighted by molar-refractivity contribution is -0.206. The fraction of sp³-hybridized carbons (Fsp3) is 0.667. The van der Waals surface area contributed by atoms with Crippen LogP contribution in [0.3, 0.4) is 0 Å². The zero-order valence-electron chi connectivity index (χ0n) is 5.85. The van der Waals surface area contributed by atoms with Gasteiger partial charge in [-0.1, -0.05) is 0 Å². The first-order chi connectivity index (χ1) is 5.41. The van der Waals surface area contributed by atoms with Gasteiger partial charge in [-0.2, -0.15) is 13.2 Å². The summed E-state index contributed by atoms with van der Waals surface area (Å²) in [5, 5.41) is 0. The minimum absolute atomic E-state index is 0.351. The van der Waals surface area contributed by atoms with E-state index in [0.29, 0.717) is 0 Å². The van der Waals surface area contributed by atoms with Crippen molar-refractivity contribution in [3.63, 3.8) is 0 Å². The Morgan fingerprint density at radius 2 is 1.92 bits per heavy atom. The van der Waals surface area contributed by atoms with E-state index < -0.39 is 30.5 Å². The summed E-state index contributed by atoms with van der Waals surface area (Å²) in [6.07, 6.45) is -5.45. The van der Waals surface area contributed by atoms with Crippen LogP contribution in [0.15, 0.2) is 0 Å². The fourth-order valence-electron chi connectivity index (χ4n) is 0.912. The summed E-state index contributed by atoms with van der Waals surface area (Å²) in [5.74, 6) is -4.51. The van der Waals surface area contributed by atoms with Crippen LogP contribution in [0.1, 0.15) is 12.8 Å². The molecule has 1 saturated heterocycles. The van der Waals surface area contributed by atoms with Gasteiger partial charge < -0.3 is 4.74 Å². The summed E-state index contributed by atoms with van der Waals surface area (Å²) in [7, 11) is 0. The average molecular weight is 182 g/mol. The number of hydrogen-bond acceptors (Lipinski definition) is 3. The topological polar surface area (TPSA) is 43.4 Å². The Morgan fingerprint density at radius 3 is 2.33 bits per heavy atom. The van der Waals surface area contributed by atoms with Gasteiger partial charge in [-0.3, -0.25) is 9.59 Å². The lowest BCUT2D eigenvalue weighted by Crippen LogP contribution is -2.37. The van der Waals surface area contributed by atoms with Crippen LogP contribution in [-0.2, 0) is 14.3 Å². The second kappa shape index (κ2) is 2.76. The van der Waals surface area contributed by atoms with Crippen LogP contribution < -0.4 is 0 Å². The third kappa shape index (κ3) is 1.75. The van der Waals surface area contributed by atoms with E-state index >= 15 is 0 Å². The van der Waals surface area contributed by atoms with E-state index in [1.54, 1.807) is 0 Å². The summed E-state index contributed by atoms with van der Waals surface area (Å²) < 4.78 is 39.5. The molecule has 6 heteroatoms. The molecule has 0 bridgehead atoms. The molecule has 0 aliphatic carbocycles. The van der Waals surface area contributed by atoms with Gasteiger partial charge in [0.2, 0.25) is 0 Å². The van der Waals surface area contributed by atoms with E-state index in [-0.39, 0.29) is 6.42 Å². The number of cyclic esters (lactones) is 2. The Balaban J connectivity index is 2.69. The molecule has 0 N–H and O–H groups in total. The highest BCUT2D eigenvalue weighted by molar-refractivity contribution is 5.89. The highest BCUT2D eigenvalue weighted by atomic mass is 19.4. The maximum atomic E-state index is 11.9. The highest BCUT2D eigenvalue weighted by Crippen LogP contribution is 2.33. The molecule has 1 aliphatic heterocycles. The Hall–Kier alpha value is -1.07. The molecule has 0 amide bonds. The molecule has 1 atom stereocenters. The number of halogens is 3. The number of alkyl halides is 3. The minimum atomic E-state index is -4.60. The van der Waals surface area contributed by atoms with Crippen LogP contribution in [0.5, 0.6) is 0 Å². The molecule has 1 aliphatic rings. The maximum absolute atomic E-state index is 11.9. The predicted molar refractivity (Wildman–Crippen MR) is 29.9 cm³/mol. The summed E-state index contributed by atoms with van der Waals surface area (Å²) in [4.78, 5) is 20.8. The van der Waals surface area contributed by atoms with Crippen molar-refractivity contribution in [1.82, 2.24) is 0 Å². The van der Waals surface area contributed by atoms with Crippen LogP contribution in [-0.4, -0.2) is 18.1 Å². The minimum Gasteiger partial charge on any atom is -0.393 e. The van der Waals surface area contributed by atoms with Gasteiger partial charge in [0.15, 0.2) is 5.92 Å². The number of ether oxygens (including phenoxy) is 1. The number of hydrogen-bond donors (Lipinski definition) is 0. The van der Waals surface area contributed by atoms with Crippen LogP contribution >= 0.6 is 0 Å². The van der Waals surface area contributed by atoms with Gasteiger partial charge in [-0.15, -0.1) is 0 Å². The molecule has 1 fully saturated rings. The second-order valence-corrected chi connectivity index (χ2v) is 2.43. The summed E-state index contributed by atoms with van der Waals surface area (Å²) in [6, 6.07) is 0. The number of rotatable bonds is 0. The zero-order chi connectivity index (χ0) is 9.35. The molecule has 1 heterocycles. The van der Waals surface area contributed by atoms with E-state index in [9.17, 15) is 22.8 Å².